The fourth-order valence-electron chi connectivity index (χ4n) is 3.18. The van der Waals surface area contributed by atoms with Gasteiger partial charge in [0.1, 0.15) is 5.75 Å². The molecule has 1 unspecified atom stereocenters. The quantitative estimate of drug-likeness (QED) is 0.866. The van der Waals surface area contributed by atoms with Crippen molar-refractivity contribution in [2.24, 2.45) is 11.8 Å². The van der Waals surface area contributed by atoms with Crippen molar-refractivity contribution in [2.75, 3.05) is 7.05 Å². The minimum atomic E-state index is -2.77. The SMILES string of the molecule is CNC(c1cccc(OC(F)F)c1)C1CCC(C)CC1. The fraction of sp³-hybridized carbons (Fsp3) is 0.625. The summed E-state index contributed by atoms with van der Waals surface area (Å²) in [6, 6.07) is 7.28. The van der Waals surface area contributed by atoms with Crippen LogP contribution in [0.2, 0.25) is 0 Å². The molecule has 4 heteroatoms. The summed E-state index contributed by atoms with van der Waals surface area (Å²) in [5, 5.41) is 3.34. The van der Waals surface area contributed by atoms with Gasteiger partial charge in [0.2, 0.25) is 0 Å². The predicted molar refractivity (Wildman–Crippen MR) is 76.0 cm³/mol. The molecule has 0 aliphatic heterocycles. The first kappa shape index (κ1) is 15.2. The minimum absolute atomic E-state index is 0.212. The Hall–Kier alpha value is -1.16. The molecule has 0 heterocycles. The molecule has 0 bridgehead atoms. The van der Waals surface area contributed by atoms with Crippen LogP contribution in [0.5, 0.6) is 5.75 Å². The van der Waals surface area contributed by atoms with Crippen LogP contribution in [0.4, 0.5) is 8.78 Å². The Bertz CT molecular complexity index is 417. The third kappa shape index (κ3) is 3.92. The van der Waals surface area contributed by atoms with Crippen molar-refractivity contribution in [1.29, 1.82) is 0 Å². The van der Waals surface area contributed by atoms with E-state index in [2.05, 4.69) is 17.0 Å². The van der Waals surface area contributed by atoms with E-state index in [9.17, 15) is 8.78 Å². The van der Waals surface area contributed by atoms with E-state index in [1.807, 2.05) is 13.1 Å². The number of hydrogen-bond acceptors (Lipinski definition) is 2. The molecule has 0 amide bonds. The van der Waals surface area contributed by atoms with Crippen LogP contribution in [0.25, 0.3) is 0 Å². The smallest absolute Gasteiger partial charge is 0.387 e. The Morgan fingerprint density at radius 3 is 2.50 bits per heavy atom. The standard InChI is InChI=1S/C16H23F2NO/c1-11-6-8-12(9-7-11)15(19-2)13-4-3-5-14(10-13)20-16(17)18/h3-5,10-12,15-16,19H,6-9H2,1-2H3. The van der Waals surface area contributed by atoms with Crippen molar-refractivity contribution in [1.82, 2.24) is 5.32 Å². The molecule has 1 saturated carbocycles. The van der Waals surface area contributed by atoms with Gasteiger partial charge in [-0.25, -0.2) is 0 Å². The summed E-state index contributed by atoms with van der Waals surface area (Å²) >= 11 is 0. The van der Waals surface area contributed by atoms with Gasteiger partial charge in [-0.05, 0) is 49.4 Å². The van der Waals surface area contributed by atoms with E-state index in [-0.39, 0.29) is 11.8 Å². The number of nitrogens with one attached hydrogen (secondary N) is 1. The molecule has 2 rings (SSSR count). The number of hydrogen-bond donors (Lipinski definition) is 1. The molecule has 0 aromatic heterocycles. The Kier molecular flexibility index (Phi) is 5.35. The largest absolute Gasteiger partial charge is 0.435 e. The lowest BCUT2D eigenvalue weighted by Crippen LogP contribution is -2.28. The minimum Gasteiger partial charge on any atom is -0.435 e. The maximum atomic E-state index is 12.3. The van der Waals surface area contributed by atoms with E-state index in [1.165, 1.54) is 25.7 Å². The molecule has 20 heavy (non-hydrogen) atoms. The summed E-state index contributed by atoms with van der Waals surface area (Å²) in [4.78, 5) is 0. The lowest BCUT2D eigenvalue weighted by molar-refractivity contribution is -0.0499. The van der Waals surface area contributed by atoms with Gasteiger partial charge in [0.25, 0.3) is 0 Å². The molecular formula is C16H23F2NO. The van der Waals surface area contributed by atoms with Gasteiger partial charge in [0.15, 0.2) is 0 Å². The molecule has 0 saturated heterocycles. The highest BCUT2D eigenvalue weighted by molar-refractivity contribution is 5.31. The first-order valence-electron chi connectivity index (χ1n) is 7.32. The fourth-order valence-corrected chi connectivity index (χ4v) is 3.18. The number of ether oxygens (including phenoxy) is 1. The molecule has 0 radical (unpaired) electrons. The summed E-state index contributed by atoms with van der Waals surface area (Å²) in [6.07, 6.45) is 4.87. The lowest BCUT2D eigenvalue weighted by atomic mass is 9.77. The maximum absolute atomic E-state index is 12.3. The van der Waals surface area contributed by atoms with Gasteiger partial charge < -0.3 is 10.1 Å². The topological polar surface area (TPSA) is 21.3 Å². The number of rotatable bonds is 5. The van der Waals surface area contributed by atoms with Crippen LogP contribution >= 0.6 is 0 Å². The van der Waals surface area contributed by atoms with E-state index < -0.39 is 6.61 Å². The Labute approximate surface area is 119 Å². The average Bonchev–Trinajstić information content (AvgIpc) is 2.41. The highest BCUT2D eigenvalue weighted by Gasteiger charge is 2.26. The Morgan fingerprint density at radius 2 is 1.90 bits per heavy atom. The van der Waals surface area contributed by atoms with E-state index in [4.69, 9.17) is 0 Å². The second-order valence-corrected chi connectivity index (χ2v) is 5.74. The Morgan fingerprint density at radius 1 is 1.20 bits per heavy atom. The molecule has 1 fully saturated rings. The second kappa shape index (κ2) is 7.02. The Balaban J connectivity index is 2.10. The monoisotopic (exact) mass is 283 g/mol. The zero-order valence-electron chi connectivity index (χ0n) is 12.1. The van der Waals surface area contributed by atoms with E-state index in [0.717, 1.165) is 11.5 Å². The molecule has 1 atom stereocenters. The summed E-state index contributed by atoms with van der Waals surface area (Å²) < 4.78 is 29.1. The molecule has 2 nitrogen and oxygen atoms in total. The van der Waals surface area contributed by atoms with Crippen molar-refractivity contribution in [3.63, 3.8) is 0 Å². The summed E-state index contributed by atoms with van der Waals surface area (Å²) in [6.45, 7) is -0.476. The molecular weight excluding hydrogens is 260 g/mol. The third-order valence-corrected chi connectivity index (χ3v) is 4.29. The zero-order valence-corrected chi connectivity index (χ0v) is 12.1. The van der Waals surface area contributed by atoms with Gasteiger partial charge in [0.05, 0.1) is 0 Å². The van der Waals surface area contributed by atoms with Gasteiger partial charge >= 0.3 is 6.61 Å². The number of alkyl halides is 2. The molecule has 1 aromatic rings. The van der Waals surface area contributed by atoms with Crippen LogP contribution in [0, 0.1) is 11.8 Å². The number of benzene rings is 1. The lowest BCUT2D eigenvalue weighted by Gasteiger charge is -2.33. The molecule has 1 aliphatic rings. The van der Waals surface area contributed by atoms with E-state index >= 15 is 0 Å². The first-order chi connectivity index (χ1) is 9.60. The van der Waals surface area contributed by atoms with Gasteiger partial charge in [-0.15, -0.1) is 0 Å². The van der Waals surface area contributed by atoms with Crippen LogP contribution in [0.1, 0.15) is 44.2 Å². The van der Waals surface area contributed by atoms with Crippen LogP contribution in [0.15, 0.2) is 24.3 Å². The van der Waals surface area contributed by atoms with Crippen LogP contribution in [0.3, 0.4) is 0 Å². The van der Waals surface area contributed by atoms with Crippen LogP contribution < -0.4 is 10.1 Å². The number of halogens is 2. The van der Waals surface area contributed by atoms with Crippen molar-refractivity contribution < 1.29 is 13.5 Å². The summed E-state index contributed by atoms with van der Waals surface area (Å²) in [7, 11) is 1.93. The van der Waals surface area contributed by atoms with Gasteiger partial charge in [0, 0.05) is 6.04 Å². The summed E-state index contributed by atoms with van der Waals surface area (Å²) in [5.74, 6) is 1.61. The normalized spacial score (nSPS) is 24.6. The first-order valence-corrected chi connectivity index (χ1v) is 7.32. The molecule has 0 spiro atoms. The van der Waals surface area contributed by atoms with Crippen LogP contribution in [-0.2, 0) is 0 Å². The van der Waals surface area contributed by atoms with Crippen molar-refractivity contribution in [3.8, 4) is 5.75 Å². The van der Waals surface area contributed by atoms with E-state index in [1.54, 1.807) is 18.2 Å². The van der Waals surface area contributed by atoms with Crippen LogP contribution in [-0.4, -0.2) is 13.7 Å². The van der Waals surface area contributed by atoms with E-state index in [0.29, 0.717) is 5.92 Å². The van der Waals surface area contributed by atoms with Crippen molar-refractivity contribution >= 4 is 0 Å². The zero-order chi connectivity index (χ0) is 14.5. The van der Waals surface area contributed by atoms with Crippen molar-refractivity contribution in [3.05, 3.63) is 29.8 Å². The highest BCUT2D eigenvalue weighted by atomic mass is 19.3. The third-order valence-electron chi connectivity index (χ3n) is 4.29. The molecule has 1 aliphatic carbocycles. The van der Waals surface area contributed by atoms with Gasteiger partial charge in [-0.3, -0.25) is 0 Å². The maximum Gasteiger partial charge on any atom is 0.387 e. The van der Waals surface area contributed by atoms with Gasteiger partial charge in [-0.1, -0.05) is 31.9 Å². The molecule has 1 N–H and O–H groups in total. The summed E-state index contributed by atoms with van der Waals surface area (Å²) in [5.41, 5.74) is 1.03. The van der Waals surface area contributed by atoms with Crippen molar-refractivity contribution in [2.45, 2.75) is 45.3 Å². The second-order valence-electron chi connectivity index (χ2n) is 5.74. The molecule has 1 aromatic carbocycles. The van der Waals surface area contributed by atoms with Gasteiger partial charge in [-0.2, -0.15) is 8.78 Å². The predicted octanol–water partition coefficient (Wildman–Crippen LogP) is 4.37. The molecule has 112 valence electrons. The highest BCUT2D eigenvalue weighted by Crippen LogP contribution is 2.37. The average molecular weight is 283 g/mol.